The largest absolute Gasteiger partial charge is 0.345 e. The van der Waals surface area contributed by atoms with E-state index < -0.39 is 0 Å². The number of carbonyl (C=O) groups is 1. The number of H-pyrrole nitrogens is 1. The highest BCUT2D eigenvalue weighted by molar-refractivity contribution is 5.94. The van der Waals surface area contributed by atoms with E-state index in [-0.39, 0.29) is 11.4 Å². The van der Waals surface area contributed by atoms with Gasteiger partial charge < -0.3 is 11.1 Å². The van der Waals surface area contributed by atoms with Crippen molar-refractivity contribution in [1.29, 1.82) is 0 Å². The van der Waals surface area contributed by atoms with Gasteiger partial charge in [-0.25, -0.2) is 0 Å². The van der Waals surface area contributed by atoms with Crippen LogP contribution in [-0.4, -0.2) is 28.2 Å². The summed E-state index contributed by atoms with van der Waals surface area (Å²) >= 11 is 0. The summed E-state index contributed by atoms with van der Waals surface area (Å²) in [4.78, 5) is 11.8. The first-order valence-corrected chi connectivity index (χ1v) is 5.19. The number of nitrogens with two attached hydrogens (primary N) is 1. The lowest BCUT2D eigenvalue weighted by molar-refractivity contribution is 0.0895. The number of nitrogens with zero attached hydrogens (tertiary/aromatic N) is 1. The highest BCUT2D eigenvalue weighted by Gasteiger charge is 2.26. The molecule has 0 spiro atoms. The van der Waals surface area contributed by atoms with Gasteiger partial charge in [0.25, 0.3) is 5.91 Å². The van der Waals surface area contributed by atoms with E-state index in [4.69, 9.17) is 5.73 Å². The Balaban J connectivity index is 2.71. The molecule has 0 fully saturated rings. The Bertz CT molecular complexity index is 295. The first-order valence-electron chi connectivity index (χ1n) is 5.19. The highest BCUT2D eigenvalue weighted by atomic mass is 16.1. The molecule has 1 aromatic heterocycles. The molecule has 1 rings (SSSR count). The molecular formula is C10H18N4O. The summed E-state index contributed by atoms with van der Waals surface area (Å²) in [5.41, 5.74) is 5.93. The number of aromatic amines is 1. The van der Waals surface area contributed by atoms with Crippen LogP contribution < -0.4 is 11.1 Å². The van der Waals surface area contributed by atoms with Gasteiger partial charge in [0, 0.05) is 12.7 Å². The van der Waals surface area contributed by atoms with Crippen LogP contribution >= 0.6 is 0 Å². The lowest BCUT2D eigenvalue weighted by Crippen LogP contribution is -2.52. The van der Waals surface area contributed by atoms with E-state index in [0.29, 0.717) is 12.1 Å². The Morgan fingerprint density at radius 1 is 1.60 bits per heavy atom. The molecule has 15 heavy (non-hydrogen) atoms. The van der Waals surface area contributed by atoms with Gasteiger partial charge in [-0.05, 0) is 12.8 Å². The van der Waals surface area contributed by atoms with Gasteiger partial charge >= 0.3 is 0 Å². The third kappa shape index (κ3) is 2.56. The standard InChI is InChI=1S/C10H18N4O/c1-3-10(4-2,7-11)14-9(15)8-5-12-13-6-8/h5-6H,3-4,7,11H2,1-2H3,(H,12,13)(H,14,15). The van der Waals surface area contributed by atoms with Gasteiger partial charge in [0.05, 0.1) is 17.3 Å². The molecule has 0 aliphatic carbocycles. The van der Waals surface area contributed by atoms with Crippen molar-refractivity contribution in [1.82, 2.24) is 15.5 Å². The minimum atomic E-state index is -0.297. The maximum Gasteiger partial charge on any atom is 0.254 e. The fraction of sp³-hybridized carbons (Fsp3) is 0.600. The number of nitrogens with one attached hydrogen (secondary N) is 2. The second-order valence-electron chi connectivity index (χ2n) is 3.63. The third-order valence-electron chi connectivity index (χ3n) is 2.88. The number of hydrogen-bond donors (Lipinski definition) is 3. The summed E-state index contributed by atoms with van der Waals surface area (Å²) < 4.78 is 0. The second kappa shape index (κ2) is 4.93. The van der Waals surface area contributed by atoms with Crippen LogP contribution in [0.1, 0.15) is 37.0 Å². The highest BCUT2D eigenvalue weighted by Crippen LogP contribution is 2.14. The lowest BCUT2D eigenvalue weighted by atomic mass is 9.92. The number of rotatable bonds is 5. The van der Waals surface area contributed by atoms with Crippen LogP contribution in [0.5, 0.6) is 0 Å². The minimum absolute atomic E-state index is 0.127. The molecule has 0 atom stereocenters. The average Bonchev–Trinajstić information content (AvgIpc) is 2.79. The first-order chi connectivity index (χ1) is 7.17. The van der Waals surface area contributed by atoms with E-state index in [0.717, 1.165) is 12.8 Å². The van der Waals surface area contributed by atoms with Crippen LogP contribution in [0.15, 0.2) is 12.4 Å². The van der Waals surface area contributed by atoms with Crippen LogP contribution in [0.2, 0.25) is 0 Å². The van der Waals surface area contributed by atoms with E-state index in [2.05, 4.69) is 15.5 Å². The minimum Gasteiger partial charge on any atom is -0.345 e. The summed E-state index contributed by atoms with van der Waals surface area (Å²) in [7, 11) is 0. The van der Waals surface area contributed by atoms with Crippen LogP contribution in [0.25, 0.3) is 0 Å². The molecule has 0 bridgehead atoms. The molecule has 0 saturated heterocycles. The van der Waals surface area contributed by atoms with Gasteiger partial charge in [-0.3, -0.25) is 9.89 Å². The molecule has 0 aliphatic rings. The Kier molecular flexibility index (Phi) is 3.85. The van der Waals surface area contributed by atoms with Gasteiger partial charge in [-0.15, -0.1) is 0 Å². The molecule has 1 amide bonds. The van der Waals surface area contributed by atoms with Gasteiger partial charge in [0.2, 0.25) is 0 Å². The molecule has 4 N–H and O–H groups in total. The lowest BCUT2D eigenvalue weighted by Gasteiger charge is -2.31. The van der Waals surface area contributed by atoms with E-state index >= 15 is 0 Å². The van der Waals surface area contributed by atoms with Crippen molar-refractivity contribution in [3.05, 3.63) is 18.0 Å². The zero-order chi connectivity index (χ0) is 11.3. The van der Waals surface area contributed by atoms with Crippen molar-refractivity contribution in [3.63, 3.8) is 0 Å². The summed E-state index contributed by atoms with van der Waals surface area (Å²) in [5, 5.41) is 9.30. The van der Waals surface area contributed by atoms with Crippen molar-refractivity contribution < 1.29 is 4.79 Å². The summed E-state index contributed by atoms with van der Waals surface area (Å²) in [6.07, 6.45) is 4.72. The maximum absolute atomic E-state index is 11.8. The SMILES string of the molecule is CCC(CC)(CN)NC(=O)c1cn[nH]c1. The average molecular weight is 210 g/mol. The van der Waals surface area contributed by atoms with Crippen molar-refractivity contribution in [3.8, 4) is 0 Å². The van der Waals surface area contributed by atoms with Crippen LogP contribution in [0, 0.1) is 0 Å². The van der Waals surface area contributed by atoms with E-state index in [9.17, 15) is 4.79 Å². The predicted octanol–water partition coefficient (Wildman–Crippen LogP) is 0.657. The molecule has 0 unspecified atom stereocenters. The summed E-state index contributed by atoms with van der Waals surface area (Å²) in [6, 6.07) is 0. The molecule has 0 radical (unpaired) electrons. The Morgan fingerprint density at radius 2 is 2.27 bits per heavy atom. The molecule has 0 aromatic carbocycles. The molecule has 1 heterocycles. The van der Waals surface area contributed by atoms with Crippen LogP contribution in [0.4, 0.5) is 0 Å². The summed E-state index contributed by atoms with van der Waals surface area (Å²) in [5.74, 6) is -0.127. The Hall–Kier alpha value is -1.36. The quantitative estimate of drug-likeness (QED) is 0.667. The van der Waals surface area contributed by atoms with Crippen LogP contribution in [0.3, 0.4) is 0 Å². The van der Waals surface area contributed by atoms with Crippen molar-refractivity contribution in [2.45, 2.75) is 32.2 Å². The fourth-order valence-electron chi connectivity index (χ4n) is 1.45. The molecule has 0 aliphatic heterocycles. The van der Waals surface area contributed by atoms with Crippen molar-refractivity contribution in [2.24, 2.45) is 5.73 Å². The Morgan fingerprint density at radius 3 is 2.67 bits per heavy atom. The van der Waals surface area contributed by atoms with Crippen LogP contribution in [-0.2, 0) is 0 Å². The number of amides is 1. The predicted molar refractivity (Wildman–Crippen MR) is 58.4 cm³/mol. The maximum atomic E-state index is 11.8. The molecule has 0 saturated carbocycles. The zero-order valence-electron chi connectivity index (χ0n) is 9.21. The molecular weight excluding hydrogens is 192 g/mol. The number of hydrogen-bond acceptors (Lipinski definition) is 3. The number of aromatic nitrogens is 2. The van der Waals surface area contributed by atoms with Gasteiger partial charge in [0.1, 0.15) is 0 Å². The zero-order valence-corrected chi connectivity index (χ0v) is 9.21. The van der Waals surface area contributed by atoms with E-state index in [1.54, 1.807) is 6.20 Å². The van der Waals surface area contributed by atoms with E-state index in [1.807, 2.05) is 13.8 Å². The van der Waals surface area contributed by atoms with E-state index in [1.165, 1.54) is 6.20 Å². The number of carbonyl (C=O) groups excluding carboxylic acids is 1. The third-order valence-corrected chi connectivity index (χ3v) is 2.88. The molecule has 5 nitrogen and oxygen atoms in total. The first kappa shape index (κ1) is 11.7. The fourth-order valence-corrected chi connectivity index (χ4v) is 1.45. The molecule has 84 valence electrons. The Labute approximate surface area is 89.4 Å². The molecule has 1 aromatic rings. The summed E-state index contributed by atoms with van der Waals surface area (Å²) in [6.45, 7) is 4.49. The van der Waals surface area contributed by atoms with Gasteiger partial charge in [-0.2, -0.15) is 5.10 Å². The normalized spacial score (nSPS) is 11.4. The second-order valence-corrected chi connectivity index (χ2v) is 3.63. The van der Waals surface area contributed by atoms with Gasteiger partial charge in [0.15, 0.2) is 0 Å². The molecule has 5 heteroatoms. The van der Waals surface area contributed by atoms with Crippen molar-refractivity contribution in [2.75, 3.05) is 6.54 Å². The smallest absolute Gasteiger partial charge is 0.254 e. The monoisotopic (exact) mass is 210 g/mol. The van der Waals surface area contributed by atoms with Gasteiger partial charge in [-0.1, -0.05) is 13.8 Å². The van der Waals surface area contributed by atoms with Crippen molar-refractivity contribution >= 4 is 5.91 Å². The topological polar surface area (TPSA) is 83.8 Å².